The van der Waals surface area contributed by atoms with Crippen LogP contribution in [0.3, 0.4) is 0 Å². The van der Waals surface area contributed by atoms with E-state index in [0.29, 0.717) is 36.2 Å². The predicted molar refractivity (Wildman–Crippen MR) is 142 cm³/mol. The molecule has 1 unspecified atom stereocenters. The van der Waals surface area contributed by atoms with Crippen molar-refractivity contribution in [3.63, 3.8) is 0 Å². The molecule has 9 heteroatoms. The molecular weight excluding hydrogens is 471 g/mol. The van der Waals surface area contributed by atoms with E-state index in [2.05, 4.69) is 20.2 Å². The third kappa shape index (κ3) is 4.07. The van der Waals surface area contributed by atoms with Crippen LogP contribution >= 0.6 is 0 Å². The maximum absolute atomic E-state index is 15.0. The van der Waals surface area contributed by atoms with Gasteiger partial charge in [0, 0.05) is 54.2 Å². The number of nitrogens with zero attached hydrogens (tertiary/aromatic N) is 4. The molecule has 2 aromatic carbocycles. The highest BCUT2D eigenvalue weighted by atomic mass is 19.1. The lowest BCUT2D eigenvalue weighted by Crippen LogP contribution is -2.34. The molecule has 1 aliphatic rings. The number of nitrogens with one attached hydrogen (secondary N) is 2. The summed E-state index contributed by atoms with van der Waals surface area (Å²) in [7, 11) is 3.99. The molecule has 1 saturated heterocycles. The molecule has 0 aliphatic carbocycles. The standard InChI is InChI=1S/C28H27FN6O2/c1-33(2)20-9-11-34(16-20)28(37)22-6-4-19(14-23(22)29)32-24-7-8-25(35-12-10-30-26(24)35)17-3-5-21-18(13-17)15-31-27(21)36/h3-8,10,12-15,20,31-32,36H,9,11,16H2,1-2H3. The van der Waals surface area contributed by atoms with Crippen molar-refractivity contribution in [2.45, 2.75) is 12.5 Å². The van der Waals surface area contributed by atoms with E-state index in [1.165, 1.54) is 6.07 Å². The topological polar surface area (TPSA) is 88.9 Å². The van der Waals surface area contributed by atoms with Gasteiger partial charge in [0.15, 0.2) is 11.5 Å². The molecule has 0 radical (unpaired) electrons. The number of aromatic hydroxyl groups is 1. The molecule has 1 aliphatic heterocycles. The van der Waals surface area contributed by atoms with Crippen LogP contribution in [-0.2, 0) is 0 Å². The zero-order chi connectivity index (χ0) is 25.7. The summed E-state index contributed by atoms with van der Waals surface area (Å²) in [4.78, 5) is 24.1. The second-order valence-corrected chi connectivity index (χ2v) is 9.67. The Labute approximate surface area is 213 Å². The number of likely N-dealkylation sites (N-methyl/N-ethyl adjacent to an activating group) is 1. The van der Waals surface area contributed by atoms with Gasteiger partial charge in [-0.05, 0) is 68.5 Å². The lowest BCUT2D eigenvalue weighted by molar-refractivity contribution is 0.0778. The van der Waals surface area contributed by atoms with Crippen LogP contribution in [0.4, 0.5) is 15.8 Å². The number of hydrogen-bond acceptors (Lipinski definition) is 5. The van der Waals surface area contributed by atoms with Crippen LogP contribution in [-0.4, -0.2) is 68.4 Å². The number of aromatic amines is 1. The average Bonchev–Trinajstić information content (AvgIpc) is 3.64. The first-order valence-electron chi connectivity index (χ1n) is 12.2. The van der Waals surface area contributed by atoms with Crippen LogP contribution in [0.25, 0.3) is 27.7 Å². The third-order valence-electron chi connectivity index (χ3n) is 7.18. The van der Waals surface area contributed by atoms with Crippen molar-refractivity contribution >= 4 is 33.7 Å². The minimum Gasteiger partial charge on any atom is -0.494 e. The molecule has 37 heavy (non-hydrogen) atoms. The van der Waals surface area contributed by atoms with Crippen LogP contribution in [0.15, 0.2) is 67.1 Å². The maximum Gasteiger partial charge on any atom is 0.256 e. The Hall–Kier alpha value is -4.37. The van der Waals surface area contributed by atoms with Gasteiger partial charge in [0.1, 0.15) is 5.82 Å². The Balaban J connectivity index is 1.26. The summed E-state index contributed by atoms with van der Waals surface area (Å²) in [5.41, 5.74) is 3.89. The van der Waals surface area contributed by atoms with Crippen LogP contribution in [0, 0.1) is 5.82 Å². The number of imidazole rings is 1. The van der Waals surface area contributed by atoms with Crippen molar-refractivity contribution in [3.05, 3.63) is 78.5 Å². The predicted octanol–water partition coefficient (Wildman–Crippen LogP) is 4.85. The molecule has 1 atom stereocenters. The molecule has 4 heterocycles. The van der Waals surface area contributed by atoms with E-state index in [0.717, 1.165) is 28.5 Å². The minimum absolute atomic E-state index is 0.0810. The molecule has 1 fully saturated rings. The average molecular weight is 499 g/mol. The number of carbonyl (C=O) groups excluding carboxylic acids is 1. The highest BCUT2D eigenvalue weighted by Gasteiger charge is 2.29. The molecule has 1 amide bonds. The second-order valence-electron chi connectivity index (χ2n) is 9.67. The van der Waals surface area contributed by atoms with Gasteiger partial charge < -0.3 is 25.2 Å². The van der Waals surface area contributed by atoms with E-state index in [1.807, 2.05) is 55.0 Å². The number of H-pyrrole nitrogens is 1. The highest BCUT2D eigenvalue weighted by molar-refractivity contribution is 5.95. The number of anilines is 2. The molecule has 0 bridgehead atoms. The fourth-order valence-electron chi connectivity index (χ4n) is 5.07. The summed E-state index contributed by atoms with van der Waals surface area (Å²) in [6.07, 6.45) is 6.23. The number of carbonyl (C=O) groups is 1. The molecule has 188 valence electrons. The minimum atomic E-state index is -0.553. The number of fused-ring (bicyclic) bond motifs is 2. The normalized spacial score (nSPS) is 15.8. The van der Waals surface area contributed by atoms with E-state index >= 15 is 4.39 Å². The molecular formula is C28H27FN6O2. The van der Waals surface area contributed by atoms with E-state index in [4.69, 9.17) is 0 Å². The van der Waals surface area contributed by atoms with Crippen molar-refractivity contribution in [1.29, 1.82) is 0 Å². The monoisotopic (exact) mass is 498 g/mol. The number of aromatic nitrogens is 3. The zero-order valence-electron chi connectivity index (χ0n) is 20.6. The van der Waals surface area contributed by atoms with Crippen LogP contribution in [0.5, 0.6) is 5.88 Å². The van der Waals surface area contributed by atoms with Gasteiger partial charge in [-0.1, -0.05) is 6.07 Å². The SMILES string of the molecule is CN(C)C1CCN(C(=O)c2ccc(Nc3ccc(-c4ccc5c(O)[nH]cc5c4)n4ccnc34)cc2F)C1. The quantitative estimate of drug-likeness (QED) is 0.323. The molecule has 0 saturated carbocycles. The fraction of sp³-hybridized carbons (Fsp3) is 0.214. The number of halogens is 1. The van der Waals surface area contributed by atoms with Gasteiger partial charge in [0.05, 0.1) is 16.9 Å². The van der Waals surface area contributed by atoms with Crippen molar-refractivity contribution in [3.8, 4) is 17.1 Å². The first kappa shape index (κ1) is 23.1. The van der Waals surface area contributed by atoms with Crippen LogP contribution < -0.4 is 5.32 Å². The maximum atomic E-state index is 15.0. The van der Waals surface area contributed by atoms with Gasteiger partial charge in [0.25, 0.3) is 5.91 Å². The van der Waals surface area contributed by atoms with Gasteiger partial charge in [0.2, 0.25) is 0 Å². The summed E-state index contributed by atoms with van der Waals surface area (Å²) in [5.74, 6) is -0.685. The fourth-order valence-corrected chi connectivity index (χ4v) is 5.07. The molecule has 8 nitrogen and oxygen atoms in total. The number of rotatable bonds is 5. The first-order chi connectivity index (χ1) is 17.9. The van der Waals surface area contributed by atoms with Crippen molar-refractivity contribution in [1.82, 2.24) is 24.2 Å². The summed E-state index contributed by atoms with van der Waals surface area (Å²) in [5, 5.41) is 14.8. The Morgan fingerprint density at radius 2 is 2.05 bits per heavy atom. The molecule has 5 aromatic rings. The van der Waals surface area contributed by atoms with E-state index in [1.54, 1.807) is 29.4 Å². The molecule has 3 aromatic heterocycles. The molecule has 6 rings (SSSR count). The lowest BCUT2D eigenvalue weighted by Gasteiger charge is -2.20. The summed E-state index contributed by atoms with van der Waals surface area (Å²) in [6, 6.07) is 14.6. The number of likely N-dealkylation sites (tertiary alicyclic amines) is 1. The summed E-state index contributed by atoms with van der Waals surface area (Å²) in [6.45, 7) is 1.23. The van der Waals surface area contributed by atoms with E-state index in [-0.39, 0.29) is 17.4 Å². The number of hydrogen-bond donors (Lipinski definition) is 3. The second kappa shape index (κ2) is 8.94. The Kier molecular flexibility index (Phi) is 5.57. The van der Waals surface area contributed by atoms with Gasteiger partial charge in [-0.15, -0.1) is 0 Å². The van der Waals surface area contributed by atoms with Crippen LogP contribution in [0.1, 0.15) is 16.8 Å². The molecule has 0 spiro atoms. The largest absolute Gasteiger partial charge is 0.494 e. The zero-order valence-corrected chi connectivity index (χ0v) is 20.6. The first-order valence-corrected chi connectivity index (χ1v) is 12.2. The smallest absolute Gasteiger partial charge is 0.256 e. The van der Waals surface area contributed by atoms with Crippen LogP contribution in [0.2, 0.25) is 0 Å². The number of amides is 1. The van der Waals surface area contributed by atoms with Gasteiger partial charge >= 0.3 is 0 Å². The Bertz CT molecular complexity index is 1640. The number of benzene rings is 2. The summed E-state index contributed by atoms with van der Waals surface area (Å²) < 4.78 is 17.0. The molecule has 3 N–H and O–H groups in total. The third-order valence-corrected chi connectivity index (χ3v) is 7.18. The summed E-state index contributed by atoms with van der Waals surface area (Å²) >= 11 is 0. The van der Waals surface area contributed by atoms with Crippen molar-refractivity contribution in [2.24, 2.45) is 0 Å². The van der Waals surface area contributed by atoms with Gasteiger partial charge in [-0.3, -0.25) is 9.20 Å². The van der Waals surface area contributed by atoms with Gasteiger partial charge in [-0.2, -0.15) is 0 Å². The van der Waals surface area contributed by atoms with E-state index in [9.17, 15) is 9.90 Å². The Morgan fingerprint density at radius 1 is 1.19 bits per heavy atom. The Morgan fingerprint density at radius 3 is 2.84 bits per heavy atom. The van der Waals surface area contributed by atoms with E-state index < -0.39 is 5.82 Å². The number of pyridine rings is 1. The van der Waals surface area contributed by atoms with Crippen molar-refractivity contribution in [2.75, 3.05) is 32.5 Å². The van der Waals surface area contributed by atoms with Crippen molar-refractivity contribution < 1.29 is 14.3 Å². The highest BCUT2D eigenvalue weighted by Crippen LogP contribution is 2.32. The lowest BCUT2D eigenvalue weighted by atomic mass is 10.1. The van der Waals surface area contributed by atoms with Gasteiger partial charge in [-0.25, -0.2) is 9.37 Å².